The second kappa shape index (κ2) is 10.3. The lowest BCUT2D eigenvalue weighted by atomic mass is 10.0. The summed E-state index contributed by atoms with van der Waals surface area (Å²) in [5.41, 5.74) is 3.88. The lowest BCUT2D eigenvalue weighted by molar-refractivity contribution is 0.240. The number of hydrogen-bond acceptors (Lipinski definition) is 4. The topological polar surface area (TPSA) is 74.0 Å². The van der Waals surface area contributed by atoms with E-state index in [2.05, 4.69) is 21.3 Å². The zero-order chi connectivity index (χ0) is 25.9. The van der Waals surface area contributed by atoms with Crippen LogP contribution in [0, 0.1) is 28.9 Å². The fourth-order valence-electron chi connectivity index (χ4n) is 4.65. The van der Waals surface area contributed by atoms with Gasteiger partial charge in [-0.15, -0.1) is 0 Å². The van der Waals surface area contributed by atoms with Crippen LogP contribution in [0.2, 0.25) is 0 Å². The van der Waals surface area contributed by atoms with E-state index < -0.39 is 17.6 Å². The third-order valence-corrected chi connectivity index (χ3v) is 6.42. The van der Waals surface area contributed by atoms with Crippen molar-refractivity contribution in [1.29, 1.82) is 5.26 Å². The number of nitrogens with one attached hydrogen (secondary N) is 1. The highest BCUT2D eigenvalue weighted by molar-refractivity contribution is 5.96. The number of rotatable bonds is 5. The Kier molecular flexibility index (Phi) is 6.75. The Hall–Kier alpha value is -4.42. The molecule has 37 heavy (non-hydrogen) atoms. The average molecular weight is 502 g/mol. The van der Waals surface area contributed by atoms with Crippen LogP contribution in [0.3, 0.4) is 0 Å². The van der Waals surface area contributed by atoms with Crippen molar-refractivity contribution in [2.24, 2.45) is 0 Å². The predicted molar refractivity (Wildman–Crippen MR) is 133 cm³/mol. The van der Waals surface area contributed by atoms with E-state index in [-0.39, 0.29) is 12.6 Å². The molecule has 9 heteroatoms. The van der Waals surface area contributed by atoms with Crippen molar-refractivity contribution >= 4 is 23.0 Å². The van der Waals surface area contributed by atoms with E-state index >= 15 is 0 Å². The van der Waals surface area contributed by atoms with Crippen molar-refractivity contribution in [1.82, 2.24) is 19.8 Å². The monoisotopic (exact) mass is 501 g/mol. The molecule has 3 heterocycles. The van der Waals surface area contributed by atoms with Gasteiger partial charge >= 0.3 is 6.03 Å². The molecule has 5 rings (SSSR count). The van der Waals surface area contributed by atoms with Crippen LogP contribution in [0.25, 0.3) is 17.0 Å². The first kappa shape index (κ1) is 24.3. The highest BCUT2D eigenvalue weighted by Gasteiger charge is 2.26. The van der Waals surface area contributed by atoms with Gasteiger partial charge in [0, 0.05) is 61.5 Å². The quantitative estimate of drug-likeness (QED) is 0.384. The third kappa shape index (κ3) is 5.10. The molecule has 4 aromatic rings. The van der Waals surface area contributed by atoms with Crippen LogP contribution >= 0.6 is 0 Å². The van der Waals surface area contributed by atoms with Gasteiger partial charge in [0.15, 0.2) is 0 Å². The van der Waals surface area contributed by atoms with Gasteiger partial charge in [-0.2, -0.15) is 9.65 Å². The van der Waals surface area contributed by atoms with Crippen LogP contribution in [-0.2, 0) is 19.5 Å². The molecule has 0 saturated heterocycles. The Labute approximate surface area is 211 Å². The number of pyridine rings is 1. The summed E-state index contributed by atoms with van der Waals surface area (Å²) < 4.78 is 42.1. The maximum absolute atomic E-state index is 13.9. The second-order valence-corrected chi connectivity index (χ2v) is 8.80. The smallest absolute Gasteiger partial charge is 0.326 e. The number of amides is 1. The van der Waals surface area contributed by atoms with E-state index in [0.717, 1.165) is 22.7 Å². The Morgan fingerprint density at radius 3 is 2.78 bits per heavy atom. The van der Waals surface area contributed by atoms with Crippen LogP contribution in [0.15, 0.2) is 60.8 Å². The molecule has 0 aliphatic carbocycles. The van der Waals surface area contributed by atoms with E-state index in [4.69, 9.17) is 0 Å². The summed E-state index contributed by atoms with van der Waals surface area (Å²) in [5.74, 6) is -1.86. The minimum absolute atomic E-state index is 0.139. The number of hydrogen-bond donors (Lipinski definition) is 1. The number of benzene rings is 2. The number of nitriles is 1. The summed E-state index contributed by atoms with van der Waals surface area (Å²) in [6, 6.07) is 13.4. The molecule has 0 spiro atoms. The molecular formula is C28H22F3N5O. The molecule has 186 valence electrons. The van der Waals surface area contributed by atoms with Gasteiger partial charge < -0.3 is 5.32 Å². The highest BCUT2D eigenvalue weighted by Crippen LogP contribution is 2.31. The molecule has 2 aromatic heterocycles. The van der Waals surface area contributed by atoms with E-state index in [1.54, 1.807) is 34.9 Å². The molecule has 0 bridgehead atoms. The van der Waals surface area contributed by atoms with Gasteiger partial charge in [0.05, 0.1) is 17.1 Å². The van der Waals surface area contributed by atoms with Gasteiger partial charge in [0.2, 0.25) is 5.95 Å². The number of fused-ring (bicyclic) bond motifs is 3. The molecule has 1 amide bonds. The van der Waals surface area contributed by atoms with Crippen LogP contribution in [0.4, 0.5) is 18.0 Å². The lowest BCUT2D eigenvalue weighted by Gasteiger charge is -2.27. The first-order valence-corrected chi connectivity index (χ1v) is 11.7. The molecule has 0 atom stereocenters. The molecule has 1 N–H and O–H groups in total. The fraction of sp³-hybridized carbons (Fsp3) is 0.179. The van der Waals surface area contributed by atoms with Crippen LogP contribution < -0.4 is 5.32 Å². The first-order chi connectivity index (χ1) is 17.9. The van der Waals surface area contributed by atoms with E-state index in [1.807, 2.05) is 6.08 Å². The number of carbonyl (C=O) groups excluding carboxylic acids is 1. The van der Waals surface area contributed by atoms with Gasteiger partial charge in [-0.3, -0.25) is 9.47 Å². The SMILES string of the molecule is N#Cc1ccc2c(c1)c1c(n2C(=O)NCc2ccnc(F)c2)CCN(CC=Cc2ccc(F)cc2F)C1. The van der Waals surface area contributed by atoms with Crippen molar-refractivity contribution in [3.8, 4) is 6.07 Å². The summed E-state index contributed by atoms with van der Waals surface area (Å²) >= 11 is 0. The Balaban J connectivity index is 1.39. The van der Waals surface area contributed by atoms with E-state index in [9.17, 15) is 23.2 Å². The summed E-state index contributed by atoms with van der Waals surface area (Å²) in [5, 5.41) is 13.1. The first-order valence-electron chi connectivity index (χ1n) is 11.7. The molecule has 0 saturated carbocycles. The van der Waals surface area contributed by atoms with Gasteiger partial charge in [0.25, 0.3) is 0 Å². The fourth-order valence-corrected chi connectivity index (χ4v) is 4.65. The summed E-state index contributed by atoms with van der Waals surface area (Å²) in [4.78, 5) is 18.9. The molecule has 0 unspecified atom stereocenters. The van der Waals surface area contributed by atoms with Crippen molar-refractivity contribution < 1.29 is 18.0 Å². The Morgan fingerprint density at radius 1 is 1.14 bits per heavy atom. The molecule has 1 aliphatic heterocycles. The zero-order valence-corrected chi connectivity index (χ0v) is 19.7. The molecule has 1 aliphatic rings. The van der Waals surface area contributed by atoms with Crippen molar-refractivity contribution in [3.63, 3.8) is 0 Å². The minimum Gasteiger partial charge on any atom is -0.333 e. The molecule has 2 aromatic carbocycles. The summed E-state index contributed by atoms with van der Waals surface area (Å²) in [6.07, 6.45) is 5.38. The minimum atomic E-state index is -0.622. The Morgan fingerprint density at radius 2 is 2.00 bits per heavy atom. The Bertz CT molecular complexity index is 1570. The van der Waals surface area contributed by atoms with Crippen LogP contribution in [-0.4, -0.2) is 33.6 Å². The van der Waals surface area contributed by atoms with Crippen molar-refractivity contribution in [2.45, 2.75) is 19.5 Å². The molecule has 0 fully saturated rings. The van der Waals surface area contributed by atoms with Crippen molar-refractivity contribution in [2.75, 3.05) is 13.1 Å². The maximum Gasteiger partial charge on any atom is 0.326 e. The van der Waals surface area contributed by atoms with Gasteiger partial charge in [-0.05, 0) is 53.6 Å². The van der Waals surface area contributed by atoms with E-state index in [0.29, 0.717) is 48.3 Å². The standard InChI is InChI=1S/C28H22F3N5O/c29-21-5-4-20(24(30)14-21)2-1-10-35-11-8-26-23(17-35)22-12-18(15-32)3-6-25(22)36(26)28(37)34-16-19-7-9-33-27(31)13-19/h1-7,9,12-14H,8,10-11,16-17H2,(H,34,37). The van der Waals surface area contributed by atoms with Gasteiger partial charge in [-0.25, -0.2) is 18.6 Å². The number of carbonyl (C=O) groups is 1. The second-order valence-electron chi connectivity index (χ2n) is 8.80. The predicted octanol–water partition coefficient (Wildman–Crippen LogP) is 5.15. The molecule has 0 radical (unpaired) electrons. The number of nitrogens with zero attached hydrogens (tertiary/aromatic N) is 4. The van der Waals surface area contributed by atoms with Crippen LogP contribution in [0.1, 0.15) is 27.9 Å². The normalized spacial score (nSPS) is 13.6. The van der Waals surface area contributed by atoms with E-state index in [1.165, 1.54) is 24.4 Å². The largest absolute Gasteiger partial charge is 0.333 e. The molecular weight excluding hydrogens is 479 g/mol. The summed E-state index contributed by atoms with van der Waals surface area (Å²) in [7, 11) is 0. The van der Waals surface area contributed by atoms with Gasteiger partial charge in [-0.1, -0.05) is 12.2 Å². The van der Waals surface area contributed by atoms with Gasteiger partial charge in [0.1, 0.15) is 11.6 Å². The van der Waals surface area contributed by atoms with Crippen molar-refractivity contribution in [3.05, 3.63) is 106 Å². The average Bonchev–Trinajstić information content (AvgIpc) is 3.21. The third-order valence-electron chi connectivity index (χ3n) is 6.42. The maximum atomic E-state index is 13.9. The highest BCUT2D eigenvalue weighted by atomic mass is 19.1. The van der Waals surface area contributed by atoms with Crippen LogP contribution in [0.5, 0.6) is 0 Å². The zero-order valence-electron chi connectivity index (χ0n) is 19.7. The number of halogens is 3. The number of aromatic nitrogens is 2. The summed E-state index contributed by atoms with van der Waals surface area (Å²) in [6.45, 7) is 1.86. The molecule has 6 nitrogen and oxygen atoms in total. The lowest BCUT2D eigenvalue weighted by Crippen LogP contribution is -2.34.